The van der Waals surface area contributed by atoms with E-state index >= 15 is 0 Å². The van der Waals surface area contributed by atoms with Crippen LogP contribution in [0, 0.1) is 0 Å². The Balaban J connectivity index is 1.69. The molecule has 130 valence electrons. The van der Waals surface area contributed by atoms with Gasteiger partial charge in [0.15, 0.2) is 0 Å². The van der Waals surface area contributed by atoms with Crippen molar-refractivity contribution in [1.82, 2.24) is 15.2 Å². The fourth-order valence-corrected chi connectivity index (χ4v) is 3.83. The number of carbonyl (C=O) groups is 1. The molecule has 4 N–H and O–H groups in total. The van der Waals surface area contributed by atoms with Crippen molar-refractivity contribution in [3.05, 3.63) is 35.5 Å². The number of benzene rings is 1. The van der Waals surface area contributed by atoms with Crippen LogP contribution in [0.25, 0.3) is 22.3 Å². The molecule has 2 heterocycles. The molecule has 0 saturated heterocycles. The second-order valence-electron chi connectivity index (χ2n) is 7.05. The van der Waals surface area contributed by atoms with E-state index in [1.54, 1.807) is 0 Å². The molecule has 0 bridgehead atoms. The highest BCUT2D eigenvalue weighted by Crippen LogP contribution is 2.38. The highest BCUT2D eigenvalue weighted by Gasteiger charge is 2.29. The van der Waals surface area contributed by atoms with E-state index in [0.29, 0.717) is 5.69 Å². The fraction of sp³-hybridized carbons (Fsp3) is 0.333. The third kappa shape index (κ3) is 3.08. The van der Waals surface area contributed by atoms with E-state index in [1.165, 1.54) is 11.3 Å². The van der Waals surface area contributed by atoms with E-state index in [1.807, 2.05) is 18.2 Å². The first-order chi connectivity index (χ1) is 11.9. The zero-order valence-corrected chi connectivity index (χ0v) is 15.2. The molecule has 2 atom stereocenters. The highest BCUT2D eigenvalue weighted by molar-refractivity contribution is 7.18. The lowest BCUT2D eigenvalue weighted by molar-refractivity contribution is -0.118. The van der Waals surface area contributed by atoms with E-state index in [4.69, 9.17) is 5.11 Å². The first kappa shape index (κ1) is 16.3. The number of fused-ring (bicyclic) bond motifs is 2. The molecule has 1 aliphatic rings. The van der Waals surface area contributed by atoms with Crippen LogP contribution in [0.5, 0.6) is 0 Å². The average Bonchev–Trinajstić information content (AvgIpc) is 3.16. The summed E-state index contributed by atoms with van der Waals surface area (Å²) >= 11 is 0. The van der Waals surface area contributed by atoms with Gasteiger partial charge in [-0.25, -0.2) is 0 Å². The van der Waals surface area contributed by atoms with Crippen molar-refractivity contribution in [2.24, 2.45) is 0 Å². The number of nitrogens with one attached hydrogen (secondary N) is 3. The lowest BCUT2D eigenvalue weighted by atomic mass is 9.87. The first-order valence-electron chi connectivity index (χ1n) is 8.34. The maximum absolute atomic E-state index is 11.3. The largest absolute Gasteiger partial charge is 0.387 e. The molecular weight excluding hydrogens is 335 g/mol. The molecule has 1 amide bonds. The number of nitrogens with zero attached hydrogens (tertiary/aromatic N) is 1. The van der Waals surface area contributed by atoms with Crippen LogP contribution in [-0.2, 0) is 17.6 Å². The van der Waals surface area contributed by atoms with E-state index in [-0.39, 0.29) is 5.16 Å². The number of carbonyl (C=O) groups excluding carboxylic acids is 1. The van der Waals surface area contributed by atoms with E-state index in [0.717, 1.165) is 41.6 Å². The molecule has 3 aromatic rings. The van der Waals surface area contributed by atoms with Crippen molar-refractivity contribution < 1.29 is 9.90 Å². The lowest BCUT2D eigenvalue weighted by Gasteiger charge is -2.28. The molecule has 0 spiro atoms. The zero-order chi connectivity index (χ0) is 17.6. The van der Waals surface area contributed by atoms with Gasteiger partial charge in [-0.2, -0.15) is 5.10 Å². The number of aliphatic hydroxyl groups excluding tert-OH is 1. The number of anilines is 1. The number of aromatic amines is 2. The third-order valence-corrected chi connectivity index (χ3v) is 5.28. The highest BCUT2D eigenvalue weighted by atomic mass is 31.0. The number of aromatic nitrogens is 3. The number of rotatable bonds is 3. The standard InChI is InChI=1S/C18H21N4O2P/c1-18(25)5-4-12-15(8-18)21-22-17(12)14-7-10-6-11(19-16(24)9-23)2-3-13(10)20-14/h2-3,6-7,20,23H,4-5,8-9,25H2,1H3,(H,19,24)(H,21,22). The summed E-state index contributed by atoms with van der Waals surface area (Å²) in [6, 6.07) is 7.68. The van der Waals surface area contributed by atoms with Crippen molar-refractivity contribution in [2.75, 3.05) is 11.9 Å². The summed E-state index contributed by atoms with van der Waals surface area (Å²) in [6.07, 6.45) is 3.11. The molecule has 2 aromatic heterocycles. The Morgan fingerprint density at radius 3 is 3.08 bits per heavy atom. The van der Waals surface area contributed by atoms with Crippen molar-refractivity contribution in [3.8, 4) is 11.4 Å². The maximum atomic E-state index is 11.3. The van der Waals surface area contributed by atoms with Gasteiger partial charge < -0.3 is 15.4 Å². The predicted molar refractivity (Wildman–Crippen MR) is 102 cm³/mol. The minimum Gasteiger partial charge on any atom is -0.387 e. The molecular formula is C18H21N4O2P. The van der Waals surface area contributed by atoms with E-state index in [2.05, 4.69) is 42.7 Å². The molecule has 4 rings (SSSR count). The molecule has 1 aromatic carbocycles. The van der Waals surface area contributed by atoms with Crippen LogP contribution in [0.15, 0.2) is 24.3 Å². The molecule has 0 fully saturated rings. The summed E-state index contributed by atoms with van der Waals surface area (Å²) in [6.45, 7) is 1.73. The Bertz CT molecular complexity index is 957. The summed E-state index contributed by atoms with van der Waals surface area (Å²) in [5.74, 6) is -0.419. The van der Waals surface area contributed by atoms with Gasteiger partial charge in [0.2, 0.25) is 5.91 Å². The maximum Gasteiger partial charge on any atom is 0.250 e. The quantitative estimate of drug-likeness (QED) is 0.544. The molecule has 0 aliphatic heterocycles. The second-order valence-corrected chi connectivity index (χ2v) is 8.45. The minimum absolute atomic E-state index is 0.233. The van der Waals surface area contributed by atoms with Crippen LogP contribution in [0.1, 0.15) is 24.6 Å². The second kappa shape index (κ2) is 5.97. The summed E-state index contributed by atoms with van der Waals surface area (Å²) in [4.78, 5) is 14.8. The molecule has 2 unspecified atom stereocenters. The predicted octanol–water partition coefficient (Wildman–Crippen LogP) is 2.61. The van der Waals surface area contributed by atoms with Crippen LogP contribution in [0.3, 0.4) is 0 Å². The molecule has 0 radical (unpaired) electrons. The lowest BCUT2D eigenvalue weighted by Crippen LogP contribution is -2.25. The monoisotopic (exact) mass is 356 g/mol. The van der Waals surface area contributed by atoms with Crippen LogP contribution in [-0.4, -0.2) is 38.0 Å². The van der Waals surface area contributed by atoms with Gasteiger partial charge in [-0.05, 0) is 48.7 Å². The molecule has 7 heteroatoms. The number of H-pyrrole nitrogens is 2. The Morgan fingerprint density at radius 2 is 2.28 bits per heavy atom. The first-order valence-corrected chi connectivity index (χ1v) is 8.92. The van der Waals surface area contributed by atoms with Gasteiger partial charge in [-0.3, -0.25) is 9.89 Å². The Kier molecular flexibility index (Phi) is 3.89. The fourth-order valence-electron chi connectivity index (χ4n) is 3.48. The van der Waals surface area contributed by atoms with Crippen LogP contribution >= 0.6 is 9.24 Å². The van der Waals surface area contributed by atoms with Crippen LogP contribution in [0.2, 0.25) is 0 Å². The van der Waals surface area contributed by atoms with Gasteiger partial charge in [0.05, 0.1) is 5.69 Å². The topological polar surface area (TPSA) is 93.8 Å². The number of hydrogen-bond acceptors (Lipinski definition) is 3. The number of amides is 1. The molecule has 0 saturated carbocycles. The molecule has 1 aliphatic carbocycles. The third-order valence-electron chi connectivity index (χ3n) is 4.78. The van der Waals surface area contributed by atoms with Crippen molar-refractivity contribution in [2.45, 2.75) is 31.3 Å². The van der Waals surface area contributed by atoms with Gasteiger partial charge in [0.25, 0.3) is 0 Å². The van der Waals surface area contributed by atoms with E-state index < -0.39 is 12.5 Å². The van der Waals surface area contributed by atoms with Gasteiger partial charge >= 0.3 is 0 Å². The zero-order valence-electron chi connectivity index (χ0n) is 14.0. The van der Waals surface area contributed by atoms with Crippen molar-refractivity contribution in [1.29, 1.82) is 0 Å². The van der Waals surface area contributed by atoms with Crippen molar-refractivity contribution in [3.63, 3.8) is 0 Å². The van der Waals surface area contributed by atoms with Gasteiger partial charge in [0, 0.05) is 27.8 Å². The minimum atomic E-state index is -0.523. The van der Waals surface area contributed by atoms with Gasteiger partial charge in [-0.1, -0.05) is 6.92 Å². The summed E-state index contributed by atoms with van der Waals surface area (Å²) in [5, 5.41) is 20.5. The Morgan fingerprint density at radius 1 is 1.44 bits per heavy atom. The summed E-state index contributed by atoms with van der Waals surface area (Å²) in [7, 11) is 2.95. The normalized spacial score (nSPS) is 19.8. The van der Waals surface area contributed by atoms with Crippen LogP contribution in [0.4, 0.5) is 5.69 Å². The summed E-state index contributed by atoms with van der Waals surface area (Å²) < 4.78 is 0. The van der Waals surface area contributed by atoms with E-state index in [9.17, 15) is 4.79 Å². The van der Waals surface area contributed by atoms with Gasteiger partial charge in [-0.15, -0.1) is 9.24 Å². The van der Waals surface area contributed by atoms with Crippen molar-refractivity contribution >= 4 is 31.7 Å². The van der Waals surface area contributed by atoms with Crippen LogP contribution < -0.4 is 5.32 Å². The van der Waals surface area contributed by atoms with Gasteiger partial charge in [0.1, 0.15) is 12.3 Å². The SMILES string of the molecule is CC1(P)CCc2c(-c3cc4cc(NC(=O)CO)ccc4[nH]3)n[nH]c2C1. The Hall–Kier alpha value is -2.17. The smallest absolute Gasteiger partial charge is 0.250 e. The molecule has 25 heavy (non-hydrogen) atoms. The number of aliphatic hydroxyl groups is 1. The Labute approximate surface area is 147 Å². The average molecular weight is 356 g/mol. The summed E-state index contributed by atoms with van der Waals surface area (Å²) in [5.41, 5.74) is 6.12. The molecule has 6 nitrogen and oxygen atoms in total. The number of hydrogen-bond donors (Lipinski definition) is 4.